The highest BCUT2D eigenvalue weighted by Crippen LogP contribution is 2.21. The number of thiazole rings is 1. The van der Waals surface area contributed by atoms with Gasteiger partial charge < -0.3 is 4.57 Å². The predicted molar refractivity (Wildman–Crippen MR) is 94.6 cm³/mol. The third-order valence-corrected chi connectivity index (χ3v) is 4.55. The number of hydrogen-bond acceptors (Lipinski definition) is 2. The van der Waals surface area contributed by atoms with Gasteiger partial charge in [0.15, 0.2) is 4.80 Å². The smallest absolute Gasteiger partial charge is 0.190 e. The van der Waals surface area contributed by atoms with Crippen LogP contribution in [0.1, 0.15) is 18.1 Å². The monoisotopic (exact) mass is 308 g/mol. The summed E-state index contributed by atoms with van der Waals surface area (Å²) in [6.07, 6.45) is 0. The lowest BCUT2D eigenvalue weighted by molar-refractivity contribution is 0.745. The van der Waals surface area contributed by atoms with Crippen LogP contribution in [0, 0.1) is 13.8 Å². The number of nitrogens with zero attached hydrogens (tertiary/aromatic N) is 2. The Kier molecular flexibility index (Phi) is 4.25. The fourth-order valence-corrected chi connectivity index (χ4v) is 3.48. The Hall–Kier alpha value is -2.13. The molecule has 2 nitrogen and oxygen atoms in total. The van der Waals surface area contributed by atoms with Crippen molar-refractivity contribution >= 4 is 17.0 Å². The van der Waals surface area contributed by atoms with Crippen molar-refractivity contribution in [2.24, 2.45) is 4.99 Å². The Morgan fingerprint density at radius 1 is 1.00 bits per heavy atom. The molecular formula is C19H20N2S. The summed E-state index contributed by atoms with van der Waals surface area (Å²) >= 11 is 1.70. The number of aromatic nitrogens is 1. The Balaban J connectivity index is 2.09. The summed E-state index contributed by atoms with van der Waals surface area (Å²) < 4.78 is 2.28. The molecule has 0 aliphatic rings. The van der Waals surface area contributed by atoms with Crippen LogP contribution in [0.2, 0.25) is 0 Å². The fraction of sp³-hybridized carbons (Fsp3) is 0.211. The number of benzene rings is 2. The molecule has 0 unspecified atom stereocenters. The number of hydrogen-bond donors (Lipinski definition) is 0. The van der Waals surface area contributed by atoms with E-state index in [4.69, 9.17) is 4.99 Å². The molecule has 0 saturated carbocycles. The molecule has 0 aliphatic carbocycles. The Bertz CT molecular complexity index is 838. The van der Waals surface area contributed by atoms with Crippen LogP contribution in [0.15, 0.2) is 58.9 Å². The molecule has 0 saturated heterocycles. The fourth-order valence-electron chi connectivity index (χ4n) is 2.49. The Labute approximate surface area is 135 Å². The summed E-state index contributed by atoms with van der Waals surface area (Å²) in [5, 5.41) is 2.20. The van der Waals surface area contributed by atoms with E-state index in [1.165, 1.54) is 22.4 Å². The van der Waals surface area contributed by atoms with Gasteiger partial charge in [-0.3, -0.25) is 0 Å². The zero-order chi connectivity index (χ0) is 15.5. The minimum Gasteiger partial charge on any atom is -0.317 e. The second-order valence-electron chi connectivity index (χ2n) is 5.46. The average Bonchev–Trinajstić information content (AvgIpc) is 2.90. The first-order valence-corrected chi connectivity index (χ1v) is 8.42. The maximum absolute atomic E-state index is 4.82. The summed E-state index contributed by atoms with van der Waals surface area (Å²) in [6.45, 7) is 7.29. The van der Waals surface area contributed by atoms with E-state index >= 15 is 0 Å². The van der Waals surface area contributed by atoms with Gasteiger partial charge in [0.05, 0.1) is 11.4 Å². The van der Waals surface area contributed by atoms with Crippen LogP contribution in [-0.2, 0) is 6.54 Å². The zero-order valence-electron chi connectivity index (χ0n) is 13.2. The van der Waals surface area contributed by atoms with Gasteiger partial charge in [-0.25, -0.2) is 4.99 Å². The van der Waals surface area contributed by atoms with Crippen LogP contribution in [0.3, 0.4) is 0 Å². The first kappa shape index (κ1) is 14.8. The molecule has 0 spiro atoms. The van der Waals surface area contributed by atoms with Crippen molar-refractivity contribution in [3.8, 4) is 11.3 Å². The molecule has 0 N–H and O–H groups in total. The molecule has 1 heterocycles. The lowest BCUT2D eigenvalue weighted by Gasteiger charge is -2.06. The van der Waals surface area contributed by atoms with Crippen LogP contribution >= 0.6 is 11.3 Å². The molecule has 0 amide bonds. The van der Waals surface area contributed by atoms with E-state index in [-0.39, 0.29) is 0 Å². The second kappa shape index (κ2) is 6.32. The van der Waals surface area contributed by atoms with Crippen molar-refractivity contribution < 1.29 is 0 Å². The lowest BCUT2D eigenvalue weighted by Crippen LogP contribution is -2.14. The predicted octanol–water partition coefficient (Wildman–Crippen LogP) is 5.09. The molecule has 0 bridgehead atoms. The third-order valence-electron chi connectivity index (χ3n) is 3.69. The maximum Gasteiger partial charge on any atom is 0.190 e. The second-order valence-corrected chi connectivity index (χ2v) is 6.30. The van der Waals surface area contributed by atoms with Gasteiger partial charge in [0.1, 0.15) is 0 Å². The number of aryl methyl sites for hydroxylation is 2. The van der Waals surface area contributed by atoms with E-state index in [0.717, 1.165) is 17.0 Å². The molecule has 3 aromatic rings. The molecule has 2 aromatic carbocycles. The maximum atomic E-state index is 4.82. The minimum absolute atomic E-state index is 0.914. The van der Waals surface area contributed by atoms with Gasteiger partial charge >= 0.3 is 0 Å². The Morgan fingerprint density at radius 3 is 2.45 bits per heavy atom. The van der Waals surface area contributed by atoms with E-state index in [1.807, 2.05) is 0 Å². The minimum atomic E-state index is 0.914. The molecule has 0 radical (unpaired) electrons. The normalized spacial score (nSPS) is 11.9. The lowest BCUT2D eigenvalue weighted by atomic mass is 10.1. The van der Waals surface area contributed by atoms with Crippen molar-refractivity contribution in [1.29, 1.82) is 0 Å². The van der Waals surface area contributed by atoms with E-state index < -0.39 is 0 Å². The Morgan fingerprint density at radius 2 is 1.77 bits per heavy atom. The first-order chi connectivity index (χ1) is 10.7. The summed E-state index contributed by atoms with van der Waals surface area (Å²) in [6, 6.07) is 17.0. The first-order valence-electron chi connectivity index (χ1n) is 7.54. The molecule has 0 fully saturated rings. The third kappa shape index (κ3) is 3.04. The van der Waals surface area contributed by atoms with E-state index in [1.54, 1.807) is 11.3 Å². The molecular weight excluding hydrogens is 288 g/mol. The summed E-state index contributed by atoms with van der Waals surface area (Å²) in [7, 11) is 0. The highest BCUT2D eigenvalue weighted by molar-refractivity contribution is 7.07. The molecule has 1 aromatic heterocycles. The van der Waals surface area contributed by atoms with Gasteiger partial charge in [0, 0.05) is 11.9 Å². The van der Waals surface area contributed by atoms with Crippen LogP contribution in [0.25, 0.3) is 11.3 Å². The summed E-state index contributed by atoms with van der Waals surface area (Å²) in [5.41, 5.74) is 6.01. The van der Waals surface area contributed by atoms with Crippen LogP contribution < -0.4 is 4.80 Å². The average molecular weight is 308 g/mol. The molecule has 22 heavy (non-hydrogen) atoms. The van der Waals surface area contributed by atoms with Crippen LogP contribution in [0.4, 0.5) is 5.69 Å². The zero-order valence-corrected chi connectivity index (χ0v) is 14.0. The van der Waals surface area contributed by atoms with Crippen molar-refractivity contribution in [2.45, 2.75) is 27.3 Å². The SMILES string of the molecule is CCn1c(-c2ccc(C)cc2)csc1=Nc1cccc(C)c1. The van der Waals surface area contributed by atoms with Gasteiger partial charge in [-0.2, -0.15) is 0 Å². The molecule has 3 rings (SSSR count). The molecule has 0 aliphatic heterocycles. The largest absolute Gasteiger partial charge is 0.317 e. The van der Waals surface area contributed by atoms with E-state index in [0.29, 0.717) is 0 Å². The van der Waals surface area contributed by atoms with Crippen LogP contribution in [0.5, 0.6) is 0 Å². The van der Waals surface area contributed by atoms with Crippen molar-refractivity contribution in [3.63, 3.8) is 0 Å². The molecule has 112 valence electrons. The standard InChI is InChI=1S/C19H20N2S/c1-4-21-18(16-10-8-14(2)9-11-16)13-22-19(21)20-17-7-5-6-15(3)12-17/h5-13H,4H2,1-3H3. The van der Waals surface area contributed by atoms with Gasteiger partial charge in [-0.1, -0.05) is 42.0 Å². The van der Waals surface area contributed by atoms with Gasteiger partial charge in [0.2, 0.25) is 0 Å². The van der Waals surface area contributed by atoms with E-state index in [9.17, 15) is 0 Å². The van der Waals surface area contributed by atoms with Crippen LogP contribution in [-0.4, -0.2) is 4.57 Å². The van der Waals surface area contributed by atoms with Crippen molar-refractivity contribution in [1.82, 2.24) is 4.57 Å². The molecule has 0 atom stereocenters. The molecule has 3 heteroatoms. The van der Waals surface area contributed by atoms with Gasteiger partial charge in [0.25, 0.3) is 0 Å². The summed E-state index contributed by atoms with van der Waals surface area (Å²) in [5.74, 6) is 0. The van der Waals surface area contributed by atoms with Crippen molar-refractivity contribution in [2.75, 3.05) is 0 Å². The van der Waals surface area contributed by atoms with Gasteiger partial charge in [-0.15, -0.1) is 11.3 Å². The van der Waals surface area contributed by atoms with E-state index in [2.05, 4.69) is 79.2 Å². The quantitative estimate of drug-likeness (QED) is 0.641. The number of rotatable bonds is 3. The highest BCUT2D eigenvalue weighted by atomic mass is 32.1. The van der Waals surface area contributed by atoms with Gasteiger partial charge in [-0.05, 0) is 44.0 Å². The summed E-state index contributed by atoms with van der Waals surface area (Å²) in [4.78, 5) is 5.86. The highest BCUT2D eigenvalue weighted by Gasteiger charge is 2.06. The van der Waals surface area contributed by atoms with Crippen molar-refractivity contribution in [3.05, 3.63) is 69.8 Å². The topological polar surface area (TPSA) is 17.3 Å².